The van der Waals surface area contributed by atoms with Gasteiger partial charge < -0.3 is 5.32 Å². The maximum absolute atomic E-state index is 12.5. The second kappa shape index (κ2) is 7.48. The molecule has 26 heavy (non-hydrogen) atoms. The Morgan fingerprint density at radius 3 is 2.27 bits per heavy atom. The molecule has 1 amide bonds. The van der Waals surface area contributed by atoms with Crippen molar-refractivity contribution in [2.45, 2.75) is 32.7 Å². The minimum atomic E-state index is -0.103. The Balaban J connectivity index is 1.70. The van der Waals surface area contributed by atoms with Crippen LogP contribution in [0, 0.1) is 0 Å². The Bertz CT molecular complexity index is 881. The molecule has 0 aliphatic carbocycles. The lowest BCUT2D eigenvalue weighted by atomic mass is 9.89. The van der Waals surface area contributed by atoms with E-state index in [1.807, 2.05) is 42.5 Å². The molecule has 0 aliphatic heterocycles. The van der Waals surface area contributed by atoms with Gasteiger partial charge in [-0.3, -0.25) is 4.79 Å². The van der Waals surface area contributed by atoms with Gasteiger partial charge in [0.2, 0.25) is 0 Å². The summed E-state index contributed by atoms with van der Waals surface area (Å²) in [6.45, 7) is 6.71. The van der Waals surface area contributed by atoms with Gasteiger partial charge in [0.1, 0.15) is 6.33 Å². The highest BCUT2D eigenvalue weighted by Crippen LogP contribution is 2.23. The van der Waals surface area contributed by atoms with Gasteiger partial charge in [-0.2, -0.15) is 0 Å². The van der Waals surface area contributed by atoms with Crippen LogP contribution in [0.3, 0.4) is 0 Å². The molecular formula is C22H23N3O. The number of benzene rings is 2. The normalized spacial score (nSPS) is 11.2. The van der Waals surface area contributed by atoms with Crippen molar-refractivity contribution in [3.63, 3.8) is 0 Å². The van der Waals surface area contributed by atoms with Gasteiger partial charge in [-0.25, -0.2) is 9.97 Å². The van der Waals surface area contributed by atoms with E-state index in [1.54, 1.807) is 12.5 Å². The van der Waals surface area contributed by atoms with Crippen LogP contribution in [0.5, 0.6) is 0 Å². The molecule has 3 aromatic rings. The van der Waals surface area contributed by atoms with Gasteiger partial charge >= 0.3 is 0 Å². The third-order valence-electron chi connectivity index (χ3n) is 4.19. The summed E-state index contributed by atoms with van der Waals surface area (Å²) < 4.78 is 0. The zero-order valence-corrected chi connectivity index (χ0v) is 15.4. The van der Waals surface area contributed by atoms with Gasteiger partial charge in [0.25, 0.3) is 5.91 Å². The van der Waals surface area contributed by atoms with Crippen LogP contribution in [0.25, 0.3) is 11.1 Å². The Morgan fingerprint density at radius 1 is 0.962 bits per heavy atom. The van der Waals surface area contributed by atoms with Crippen molar-refractivity contribution in [2.75, 3.05) is 0 Å². The molecule has 0 unspecified atom stereocenters. The number of hydrogen-bond donors (Lipinski definition) is 1. The molecule has 132 valence electrons. The van der Waals surface area contributed by atoms with Gasteiger partial charge in [0.15, 0.2) is 0 Å². The largest absolute Gasteiger partial charge is 0.348 e. The first-order valence-corrected chi connectivity index (χ1v) is 8.68. The number of carbonyl (C=O) groups excluding carboxylic acids is 1. The van der Waals surface area contributed by atoms with E-state index >= 15 is 0 Å². The minimum absolute atomic E-state index is 0.0969. The molecule has 3 rings (SSSR count). The number of aromatic nitrogens is 2. The molecule has 0 fully saturated rings. The van der Waals surface area contributed by atoms with Crippen molar-refractivity contribution >= 4 is 5.91 Å². The fourth-order valence-electron chi connectivity index (χ4n) is 2.89. The van der Waals surface area contributed by atoms with Gasteiger partial charge in [0.05, 0.1) is 5.69 Å². The van der Waals surface area contributed by atoms with Crippen LogP contribution < -0.4 is 5.32 Å². The quantitative estimate of drug-likeness (QED) is 0.764. The number of nitrogens with zero attached hydrogens (tertiary/aromatic N) is 2. The fourth-order valence-corrected chi connectivity index (χ4v) is 2.89. The molecule has 0 atom stereocenters. The maximum atomic E-state index is 12.5. The number of hydrogen-bond acceptors (Lipinski definition) is 3. The Morgan fingerprint density at radius 2 is 1.62 bits per heavy atom. The molecule has 1 heterocycles. The summed E-state index contributed by atoms with van der Waals surface area (Å²) in [6, 6.07) is 17.7. The molecule has 0 saturated carbocycles. The summed E-state index contributed by atoms with van der Waals surface area (Å²) in [5.74, 6) is -0.103. The van der Waals surface area contributed by atoms with Crippen molar-refractivity contribution in [1.82, 2.24) is 15.3 Å². The van der Waals surface area contributed by atoms with E-state index in [4.69, 9.17) is 0 Å². The smallest absolute Gasteiger partial charge is 0.251 e. The average Bonchev–Trinajstić information content (AvgIpc) is 2.66. The highest BCUT2D eigenvalue weighted by atomic mass is 16.1. The molecule has 0 bridgehead atoms. The first-order chi connectivity index (χ1) is 12.4. The number of rotatable bonds is 4. The van der Waals surface area contributed by atoms with Crippen molar-refractivity contribution < 1.29 is 4.79 Å². The average molecular weight is 345 g/mol. The molecular weight excluding hydrogens is 322 g/mol. The first kappa shape index (κ1) is 17.8. The van der Waals surface area contributed by atoms with Gasteiger partial charge in [-0.15, -0.1) is 0 Å². The van der Waals surface area contributed by atoms with Crippen LogP contribution in [-0.2, 0) is 12.0 Å². The van der Waals surface area contributed by atoms with Crippen molar-refractivity contribution in [1.29, 1.82) is 0 Å². The summed E-state index contributed by atoms with van der Waals surface area (Å²) in [7, 11) is 0. The van der Waals surface area contributed by atoms with Crippen LogP contribution in [0.4, 0.5) is 0 Å². The Hall–Kier alpha value is -3.01. The van der Waals surface area contributed by atoms with Crippen LogP contribution in [0.15, 0.2) is 67.1 Å². The van der Waals surface area contributed by atoms with Crippen LogP contribution >= 0.6 is 0 Å². The number of amides is 1. The summed E-state index contributed by atoms with van der Waals surface area (Å²) in [4.78, 5) is 21.0. The molecule has 4 nitrogen and oxygen atoms in total. The Kier molecular flexibility index (Phi) is 5.12. The van der Waals surface area contributed by atoms with E-state index < -0.39 is 0 Å². The molecule has 4 heteroatoms. The van der Waals surface area contributed by atoms with Crippen molar-refractivity contribution in [3.8, 4) is 11.1 Å². The van der Waals surface area contributed by atoms with Gasteiger partial charge in [-0.05, 0) is 23.3 Å². The number of carbonyl (C=O) groups is 1. The van der Waals surface area contributed by atoms with E-state index in [2.05, 4.69) is 48.2 Å². The molecule has 1 N–H and O–H groups in total. The van der Waals surface area contributed by atoms with Crippen molar-refractivity contribution in [2.24, 2.45) is 0 Å². The maximum Gasteiger partial charge on any atom is 0.251 e. The third-order valence-corrected chi connectivity index (χ3v) is 4.19. The Labute approximate surface area is 154 Å². The van der Waals surface area contributed by atoms with E-state index in [0.717, 1.165) is 22.4 Å². The molecule has 0 aliphatic rings. The lowest BCUT2D eigenvalue weighted by Gasteiger charge is -2.21. The topological polar surface area (TPSA) is 54.9 Å². The second-order valence-electron chi connectivity index (χ2n) is 7.27. The fraction of sp³-hybridized carbons (Fsp3) is 0.227. The first-order valence-electron chi connectivity index (χ1n) is 8.68. The SMILES string of the molecule is CC(C)(C)c1ncncc1CNC(=O)c1ccc(-c2ccccc2)cc1. The van der Waals surface area contributed by atoms with E-state index in [9.17, 15) is 4.79 Å². The van der Waals surface area contributed by atoms with E-state index in [-0.39, 0.29) is 11.3 Å². The second-order valence-corrected chi connectivity index (χ2v) is 7.27. The monoisotopic (exact) mass is 345 g/mol. The molecule has 0 spiro atoms. The van der Waals surface area contributed by atoms with Gasteiger partial charge in [-0.1, -0.05) is 63.2 Å². The summed E-state index contributed by atoms with van der Waals surface area (Å²) >= 11 is 0. The zero-order chi connectivity index (χ0) is 18.6. The standard InChI is InChI=1S/C22H23N3O/c1-22(2,3)20-19(13-23-15-25-20)14-24-21(26)18-11-9-17(10-12-18)16-7-5-4-6-8-16/h4-13,15H,14H2,1-3H3,(H,24,26). The lowest BCUT2D eigenvalue weighted by Crippen LogP contribution is -2.26. The highest BCUT2D eigenvalue weighted by Gasteiger charge is 2.20. The molecule has 1 aromatic heterocycles. The number of nitrogens with one attached hydrogen (secondary N) is 1. The highest BCUT2D eigenvalue weighted by molar-refractivity contribution is 5.94. The molecule has 2 aromatic carbocycles. The van der Waals surface area contributed by atoms with Crippen LogP contribution in [0.1, 0.15) is 42.4 Å². The summed E-state index contributed by atoms with van der Waals surface area (Å²) in [5.41, 5.74) is 4.66. The van der Waals surface area contributed by atoms with Crippen LogP contribution in [-0.4, -0.2) is 15.9 Å². The van der Waals surface area contributed by atoms with E-state index in [0.29, 0.717) is 12.1 Å². The summed E-state index contributed by atoms with van der Waals surface area (Å²) in [6.07, 6.45) is 3.32. The zero-order valence-electron chi connectivity index (χ0n) is 15.4. The van der Waals surface area contributed by atoms with Gasteiger partial charge in [0, 0.05) is 29.3 Å². The predicted molar refractivity (Wildman–Crippen MR) is 104 cm³/mol. The molecule has 0 saturated heterocycles. The minimum Gasteiger partial charge on any atom is -0.348 e. The third kappa shape index (κ3) is 4.14. The lowest BCUT2D eigenvalue weighted by molar-refractivity contribution is 0.0950. The predicted octanol–water partition coefficient (Wildman–Crippen LogP) is 4.37. The van der Waals surface area contributed by atoms with Crippen LogP contribution in [0.2, 0.25) is 0 Å². The summed E-state index contributed by atoms with van der Waals surface area (Å²) in [5, 5.41) is 2.97. The molecule has 0 radical (unpaired) electrons. The van der Waals surface area contributed by atoms with E-state index in [1.165, 1.54) is 0 Å². The van der Waals surface area contributed by atoms with Crippen molar-refractivity contribution in [3.05, 3.63) is 83.9 Å².